The number of anilines is 1. The highest BCUT2D eigenvalue weighted by Crippen LogP contribution is 2.39. The molecule has 0 saturated heterocycles. The molecule has 0 spiro atoms. The van der Waals surface area contributed by atoms with Crippen LogP contribution in [0.15, 0.2) is 48.5 Å². The molecule has 0 amide bonds. The van der Waals surface area contributed by atoms with Gasteiger partial charge in [-0.3, -0.25) is 0 Å². The summed E-state index contributed by atoms with van der Waals surface area (Å²) in [6.07, 6.45) is 4.57. The van der Waals surface area contributed by atoms with E-state index in [2.05, 4.69) is 34.9 Å². The van der Waals surface area contributed by atoms with Crippen LogP contribution in [0.1, 0.15) is 31.2 Å². The van der Waals surface area contributed by atoms with Crippen LogP contribution >= 0.6 is 12.2 Å². The summed E-state index contributed by atoms with van der Waals surface area (Å²) in [6, 6.07) is 16.2. The van der Waals surface area contributed by atoms with E-state index in [1.807, 2.05) is 24.3 Å². The molecule has 25 heavy (non-hydrogen) atoms. The molecule has 0 atom stereocenters. The molecule has 5 heteroatoms. The third-order valence-electron chi connectivity index (χ3n) is 4.79. The lowest BCUT2D eigenvalue weighted by Gasteiger charge is -2.32. The van der Waals surface area contributed by atoms with Crippen molar-refractivity contribution in [1.29, 1.82) is 0 Å². The van der Waals surface area contributed by atoms with Gasteiger partial charge in [-0.1, -0.05) is 43.2 Å². The minimum Gasteiger partial charge on any atom is -0.497 e. The molecule has 0 aromatic heterocycles. The highest BCUT2D eigenvalue weighted by atomic mass is 32.1. The van der Waals surface area contributed by atoms with Crippen molar-refractivity contribution in [3.63, 3.8) is 0 Å². The molecule has 3 rings (SSSR count). The molecule has 4 nitrogen and oxygen atoms in total. The van der Waals surface area contributed by atoms with Gasteiger partial charge in [-0.2, -0.15) is 0 Å². The van der Waals surface area contributed by atoms with Crippen LogP contribution in [0.5, 0.6) is 11.5 Å². The number of hydrogen-bond acceptors (Lipinski definition) is 3. The van der Waals surface area contributed by atoms with Crippen molar-refractivity contribution in [2.75, 3.05) is 19.5 Å². The van der Waals surface area contributed by atoms with Crippen molar-refractivity contribution in [1.82, 2.24) is 5.32 Å². The van der Waals surface area contributed by atoms with Crippen LogP contribution in [0, 0.1) is 0 Å². The van der Waals surface area contributed by atoms with E-state index >= 15 is 0 Å². The first-order chi connectivity index (χ1) is 12.2. The molecular weight excluding hydrogens is 332 g/mol. The van der Waals surface area contributed by atoms with Crippen LogP contribution in [-0.4, -0.2) is 19.3 Å². The van der Waals surface area contributed by atoms with E-state index < -0.39 is 0 Å². The second kappa shape index (κ2) is 7.74. The van der Waals surface area contributed by atoms with Gasteiger partial charge >= 0.3 is 0 Å². The number of thiocarbonyl (C=S) groups is 1. The summed E-state index contributed by atoms with van der Waals surface area (Å²) < 4.78 is 10.7. The largest absolute Gasteiger partial charge is 0.497 e. The number of methoxy groups -OCH3 is 2. The molecule has 1 aliphatic carbocycles. The molecule has 1 fully saturated rings. The SMILES string of the molecule is COc1ccc(NC(=S)NC2(c3ccccc3)CCCC2)c(OC)c1. The maximum atomic E-state index is 5.60. The fraction of sp³-hybridized carbons (Fsp3) is 0.350. The maximum Gasteiger partial charge on any atom is 0.171 e. The Morgan fingerprint density at radius 3 is 2.36 bits per heavy atom. The Morgan fingerprint density at radius 2 is 1.72 bits per heavy atom. The van der Waals surface area contributed by atoms with Gasteiger partial charge in [0.05, 0.1) is 25.4 Å². The van der Waals surface area contributed by atoms with Crippen LogP contribution in [-0.2, 0) is 5.54 Å². The van der Waals surface area contributed by atoms with E-state index in [1.165, 1.54) is 18.4 Å². The minimum atomic E-state index is -0.0922. The molecule has 2 N–H and O–H groups in total. The summed E-state index contributed by atoms with van der Waals surface area (Å²) in [5, 5.41) is 7.45. The van der Waals surface area contributed by atoms with Crippen molar-refractivity contribution in [2.45, 2.75) is 31.2 Å². The first-order valence-electron chi connectivity index (χ1n) is 8.53. The molecular formula is C20H24N2O2S. The molecule has 0 aliphatic heterocycles. The third-order valence-corrected chi connectivity index (χ3v) is 5.00. The molecule has 2 aromatic carbocycles. The summed E-state index contributed by atoms with van der Waals surface area (Å²) in [5.74, 6) is 1.45. The van der Waals surface area contributed by atoms with Crippen molar-refractivity contribution in [3.05, 3.63) is 54.1 Å². The molecule has 132 valence electrons. The second-order valence-electron chi connectivity index (χ2n) is 6.30. The quantitative estimate of drug-likeness (QED) is 0.774. The zero-order valence-corrected chi connectivity index (χ0v) is 15.5. The Bertz CT molecular complexity index is 728. The Balaban J connectivity index is 1.77. The summed E-state index contributed by atoms with van der Waals surface area (Å²) in [4.78, 5) is 0. The number of rotatable bonds is 5. The molecule has 0 radical (unpaired) electrons. The predicted octanol–water partition coefficient (Wildman–Crippen LogP) is 4.46. The van der Waals surface area contributed by atoms with Gasteiger partial charge in [0, 0.05) is 6.07 Å². The molecule has 0 unspecified atom stereocenters. The maximum absolute atomic E-state index is 5.60. The van der Waals surface area contributed by atoms with Crippen LogP contribution in [0.25, 0.3) is 0 Å². The first kappa shape index (κ1) is 17.5. The smallest absolute Gasteiger partial charge is 0.171 e. The van der Waals surface area contributed by atoms with Crippen molar-refractivity contribution in [3.8, 4) is 11.5 Å². The third kappa shape index (κ3) is 3.87. The Kier molecular flexibility index (Phi) is 5.43. The fourth-order valence-electron chi connectivity index (χ4n) is 3.49. The lowest BCUT2D eigenvalue weighted by Crippen LogP contribution is -2.45. The highest BCUT2D eigenvalue weighted by molar-refractivity contribution is 7.80. The second-order valence-corrected chi connectivity index (χ2v) is 6.71. The molecule has 2 aromatic rings. The van der Waals surface area contributed by atoms with Crippen molar-refractivity contribution in [2.24, 2.45) is 0 Å². The predicted molar refractivity (Wildman–Crippen MR) is 105 cm³/mol. The topological polar surface area (TPSA) is 42.5 Å². The van der Waals surface area contributed by atoms with Crippen LogP contribution < -0.4 is 20.1 Å². The van der Waals surface area contributed by atoms with Crippen molar-refractivity contribution >= 4 is 23.0 Å². The number of hydrogen-bond donors (Lipinski definition) is 2. The molecule has 1 saturated carbocycles. The standard InChI is InChI=1S/C20H24N2O2S/c1-23-16-10-11-17(18(14-16)24-2)21-19(25)22-20(12-6-7-13-20)15-8-4-3-5-9-15/h3-5,8-11,14H,6-7,12-13H2,1-2H3,(H2,21,22,25). The number of ether oxygens (including phenoxy) is 2. The van der Waals surface area contributed by atoms with Crippen molar-refractivity contribution < 1.29 is 9.47 Å². The van der Waals surface area contributed by atoms with E-state index in [0.29, 0.717) is 10.9 Å². The number of benzene rings is 2. The van der Waals surface area contributed by atoms with Crippen LogP contribution in [0.4, 0.5) is 5.69 Å². The van der Waals surface area contributed by atoms with Gasteiger partial charge in [-0.15, -0.1) is 0 Å². The summed E-state index contributed by atoms with van der Waals surface area (Å²) in [7, 11) is 3.27. The van der Waals surface area contributed by atoms with Gasteiger partial charge in [0.25, 0.3) is 0 Å². The highest BCUT2D eigenvalue weighted by Gasteiger charge is 2.36. The van der Waals surface area contributed by atoms with Gasteiger partial charge < -0.3 is 20.1 Å². The van der Waals surface area contributed by atoms with Gasteiger partial charge in [-0.25, -0.2) is 0 Å². The van der Waals surface area contributed by atoms with Gasteiger partial charge in [0.15, 0.2) is 5.11 Å². The Labute approximate surface area is 154 Å². The zero-order chi connectivity index (χ0) is 17.7. The fourth-order valence-corrected chi connectivity index (χ4v) is 3.80. The molecule has 1 aliphatic rings. The molecule has 0 bridgehead atoms. The summed E-state index contributed by atoms with van der Waals surface area (Å²) in [6.45, 7) is 0. The van der Waals surface area contributed by atoms with Gasteiger partial charge in [-0.05, 0) is 42.8 Å². The first-order valence-corrected chi connectivity index (χ1v) is 8.94. The van der Waals surface area contributed by atoms with E-state index in [0.717, 1.165) is 24.3 Å². The van der Waals surface area contributed by atoms with E-state index in [1.54, 1.807) is 14.2 Å². The Hall–Kier alpha value is -2.27. The number of nitrogens with one attached hydrogen (secondary N) is 2. The summed E-state index contributed by atoms with van der Waals surface area (Å²) >= 11 is 5.60. The minimum absolute atomic E-state index is 0.0922. The van der Waals surface area contributed by atoms with E-state index in [4.69, 9.17) is 21.7 Å². The van der Waals surface area contributed by atoms with E-state index in [9.17, 15) is 0 Å². The average Bonchev–Trinajstić information content (AvgIpc) is 3.12. The van der Waals surface area contributed by atoms with Crippen LogP contribution in [0.3, 0.4) is 0 Å². The average molecular weight is 356 g/mol. The monoisotopic (exact) mass is 356 g/mol. The lowest BCUT2D eigenvalue weighted by atomic mass is 9.88. The lowest BCUT2D eigenvalue weighted by molar-refractivity contribution is 0.395. The normalized spacial score (nSPS) is 15.4. The molecule has 0 heterocycles. The summed E-state index contributed by atoms with van der Waals surface area (Å²) in [5.41, 5.74) is 2.02. The zero-order valence-electron chi connectivity index (χ0n) is 14.7. The Morgan fingerprint density at radius 1 is 1.00 bits per heavy atom. The van der Waals surface area contributed by atoms with Crippen LogP contribution in [0.2, 0.25) is 0 Å². The van der Waals surface area contributed by atoms with E-state index in [-0.39, 0.29) is 5.54 Å². The van der Waals surface area contributed by atoms with Gasteiger partial charge in [0.2, 0.25) is 0 Å². The van der Waals surface area contributed by atoms with Gasteiger partial charge in [0.1, 0.15) is 11.5 Å².